The molecule has 0 amide bonds. The first-order chi connectivity index (χ1) is 5.83. The fraction of sp³-hybridized carbons (Fsp3) is 0.400. The van der Waals surface area contributed by atoms with Crippen molar-refractivity contribution in [3.63, 3.8) is 0 Å². The van der Waals surface area contributed by atoms with Crippen LogP contribution in [-0.4, -0.2) is 19.0 Å². The molecule has 0 bridgehead atoms. The first-order valence-corrected chi connectivity index (χ1v) is 4.09. The molecule has 0 radical (unpaired) electrons. The zero-order valence-corrected chi connectivity index (χ0v) is 7.79. The third kappa shape index (κ3) is 1.52. The van der Waals surface area contributed by atoms with Crippen molar-refractivity contribution in [2.75, 3.05) is 14.2 Å². The number of rotatable bonds is 3. The number of aryl methyl sites for hydroxylation is 1. The van der Waals surface area contributed by atoms with Gasteiger partial charge in [0.1, 0.15) is 0 Å². The van der Waals surface area contributed by atoms with Gasteiger partial charge in [-0.15, -0.1) is 0 Å². The predicted octanol–water partition coefficient (Wildman–Crippen LogP) is 2.13. The molecule has 12 heavy (non-hydrogen) atoms. The van der Waals surface area contributed by atoms with Gasteiger partial charge < -0.3 is 9.47 Å². The molecule has 0 heterocycles. The lowest BCUT2D eigenvalue weighted by Gasteiger charge is -2.07. The Morgan fingerprint density at radius 3 is 2.67 bits per heavy atom. The average molecular weight is 167 g/mol. The summed E-state index contributed by atoms with van der Waals surface area (Å²) in [5.41, 5.74) is 1.23. The molecular formula is C10H15O2+. The second kappa shape index (κ2) is 4.00. The highest BCUT2D eigenvalue weighted by atomic mass is 16.5. The van der Waals surface area contributed by atoms with Gasteiger partial charge in [-0.05, 0) is 18.6 Å². The molecule has 1 aromatic carbocycles. The maximum Gasteiger partial charge on any atom is 0.300 e. The second-order valence-electron chi connectivity index (χ2n) is 2.55. The van der Waals surface area contributed by atoms with Crippen LogP contribution in [0, 0.1) is 0 Å². The van der Waals surface area contributed by atoms with Gasteiger partial charge in [-0.1, -0.05) is 13.0 Å². The van der Waals surface area contributed by atoms with Crippen LogP contribution in [0.1, 0.15) is 12.5 Å². The smallest absolute Gasteiger partial charge is 0.300 e. The summed E-state index contributed by atoms with van der Waals surface area (Å²) in [6.45, 7) is 2.11. The normalized spacial score (nSPS) is 9.58. The number of hydrogen-bond donors (Lipinski definition) is 0. The van der Waals surface area contributed by atoms with E-state index in [1.165, 1.54) is 5.56 Å². The SMILES string of the molecule is CCc1cccc(OC)c1[OH+]C. The van der Waals surface area contributed by atoms with E-state index >= 15 is 0 Å². The van der Waals surface area contributed by atoms with Gasteiger partial charge in [-0.25, -0.2) is 0 Å². The standard InChI is InChI=1S/C10H14O2/c1-4-8-6-5-7-9(11-2)10(8)12-3/h5-7H,4H2,1-3H3/p+1. The van der Waals surface area contributed by atoms with Crippen LogP contribution in [0.25, 0.3) is 0 Å². The number of hydrogen-bond acceptors (Lipinski definition) is 1. The molecule has 0 unspecified atom stereocenters. The largest absolute Gasteiger partial charge is 0.582 e. The third-order valence-electron chi connectivity index (χ3n) is 1.91. The third-order valence-corrected chi connectivity index (χ3v) is 1.91. The molecule has 2 heteroatoms. The summed E-state index contributed by atoms with van der Waals surface area (Å²) in [5.74, 6) is 1.83. The molecular weight excluding hydrogens is 152 g/mol. The van der Waals surface area contributed by atoms with Crippen LogP contribution >= 0.6 is 0 Å². The number of benzene rings is 1. The average Bonchev–Trinajstić information content (AvgIpc) is 2.16. The van der Waals surface area contributed by atoms with Crippen molar-refractivity contribution >= 4 is 0 Å². The molecule has 0 saturated heterocycles. The van der Waals surface area contributed by atoms with E-state index in [9.17, 15) is 0 Å². The zero-order chi connectivity index (χ0) is 8.97. The Labute approximate surface area is 73.1 Å². The molecule has 0 aliphatic rings. The molecule has 0 atom stereocenters. The topological polar surface area (TPSA) is 22.0 Å². The minimum atomic E-state index is 0.858. The highest BCUT2D eigenvalue weighted by Gasteiger charge is 2.11. The van der Waals surface area contributed by atoms with E-state index in [0.717, 1.165) is 17.9 Å². The van der Waals surface area contributed by atoms with Gasteiger partial charge in [0, 0.05) is 0 Å². The molecule has 0 spiro atoms. The van der Waals surface area contributed by atoms with E-state index in [4.69, 9.17) is 4.74 Å². The van der Waals surface area contributed by atoms with Crippen molar-refractivity contribution in [1.29, 1.82) is 0 Å². The molecule has 1 rings (SSSR count). The van der Waals surface area contributed by atoms with Gasteiger partial charge in [0.2, 0.25) is 5.75 Å². The van der Waals surface area contributed by atoms with Gasteiger partial charge in [0.15, 0.2) is 7.11 Å². The summed E-state index contributed by atoms with van der Waals surface area (Å²) in [5, 5.41) is 0. The summed E-state index contributed by atoms with van der Waals surface area (Å²) >= 11 is 0. The fourth-order valence-electron chi connectivity index (χ4n) is 1.27. The second-order valence-corrected chi connectivity index (χ2v) is 2.55. The first-order valence-electron chi connectivity index (χ1n) is 4.09. The lowest BCUT2D eigenvalue weighted by atomic mass is 10.1. The van der Waals surface area contributed by atoms with Crippen LogP contribution in [-0.2, 0) is 6.42 Å². The van der Waals surface area contributed by atoms with Crippen LogP contribution in [0.3, 0.4) is 0 Å². The molecule has 1 aromatic rings. The minimum absolute atomic E-state index is 0.858. The molecule has 0 aliphatic heterocycles. The Hall–Kier alpha value is -1.18. The Kier molecular flexibility index (Phi) is 2.97. The molecule has 0 aromatic heterocycles. The Balaban J connectivity index is 3.13. The quantitative estimate of drug-likeness (QED) is 0.632. The van der Waals surface area contributed by atoms with Crippen LogP contribution in [0.5, 0.6) is 11.5 Å². The highest BCUT2D eigenvalue weighted by Crippen LogP contribution is 2.31. The van der Waals surface area contributed by atoms with E-state index < -0.39 is 0 Å². The van der Waals surface area contributed by atoms with Crippen molar-refractivity contribution in [3.05, 3.63) is 23.8 Å². The van der Waals surface area contributed by atoms with Crippen molar-refractivity contribution in [1.82, 2.24) is 0 Å². The number of methoxy groups -OCH3 is 1. The Morgan fingerprint density at radius 1 is 1.42 bits per heavy atom. The maximum atomic E-state index is 5.18. The summed E-state index contributed by atoms with van der Waals surface area (Å²) < 4.78 is 9.37. The minimum Gasteiger partial charge on any atom is -0.582 e. The van der Waals surface area contributed by atoms with Gasteiger partial charge in [-0.2, -0.15) is 0 Å². The van der Waals surface area contributed by atoms with Gasteiger partial charge in [0.05, 0.1) is 12.7 Å². The van der Waals surface area contributed by atoms with Crippen LogP contribution in [0.4, 0.5) is 0 Å². The Bertz CT molecular complexity index is 234. The predicted molar refractivity (Wildman–Crippen MR) is 50.0 cm³/mol. The van der Waals surface area contributed by atoms with Gasteiger partial charge >= 0.3 is 5.75 Å². The molecule has 0 fully saturated rings. The van der Waals surface area contributed by atoms with Crippen molar-refractivity contribution in [2.24, 2.45) is 0 Å². The molecule has 0 aliphatic carbocycles. The van der Waals surface area contributed by atoms with E-state index in [1.807, 2.05) is 12.1 Å². The number of aliphatic hydroxyl groups is 1. The summed E-state index contributed by atoms with van der Waals surface area (Å²) in [4.78, 5) is 0. The van der Waals surface area contributed by atoms with Crippen LogP contribution in [0.15, 0.2) is 18.2 Å². The number of ether oxygens (including phenoxy) is 2. The molecule has 0 saturated carbocycles. The lowest BCUT2D eigenvalue weighted by Crippen LogP contribution is -1.92. The van der Waals surface area contributed by atoms with Crippen molar-refractivity contribution in [2.45, 2.75) is 13.3 Å². The van der Waals surface area contributed by atoms with E-state index in [1.54, 1.807) is 14.2 Å². The van der Waals surface area contributed by atoms with E-state index in [-0.39, 0.29) is 0 Å². The number of para-hydroxylation sites is 1. The van der Waals surface area contributed by atoms with E-state index in [0.29, 0.717) is 0 Å². The van der Waals surface area contributed by atoms with Crippen LogP contribution in [0.2, 0.25) is 0 Å². The first kappa shape index (κ1) is 8.91. The summed E-state index contributed by atoms with van der Waals surface area (Å²) in [6.07, 6.45) is 0.990. The number of aromatic hydroxyl groups is 1. The summed E-state index contributed by atoms with van der Waals surface area (Å²) in [7, 11) is 3.46. The van der Waals surface area contributed by atoms with Gasteiger partial charge in [-0.3, -0.25) is 0 Å². The van der Waals surface area contributed by atoms with Crippen molar-refractivity contribution in [3.8, 4) is 11.5 Å². The van der Waals surface area contributed by atoms with Crippen LogP contribution < -0.4 is 4.74 Å². The molecule has 2 nitrogen and oxygen atoms in total. The fourth-order valence-corrected chi connectivity index (χ4v) is 1.27. The lowest BCUT2D eigenvalue weighted by molar-refractivity contribution is 0.125. The summed E-state index contributed by atoms with van der Waals surface area (Å²) in [6, 6.07) is 6.00. The van der Waals surface area contributed by atoms with E-state index in [2.05, 4.69) is 17.7 Å². The molecule has 1 N–H and O–H groups in total. The van der Waals surface area contributed by atoms with Gasteiger partial charge in [0.25, 0.3) is 0 Å². The van der Waals surface area contributed by atoms with Crippen molar-refractivity contribution < 1.29 is 9.47 Å². The molecule has 66 valence electrons. The monoisotopic (exact) mass is 167 g/mol. The zero-order valence-electron chi connectivity index (χ0n) is 7.79. The maximum absolute atomic E-state index is 5.18. The Morgan fingerprint density at radius 2 is 2.17 bits per heavy atom. The highest BCUT2D eigenvalue weighted by molar-refractivity contribution is 5.45.